The predicted octanol–water partition coefficient (Wildman–Crippen LogP) is 6.38. The topological polar surface area (TPSA) is 69.2 Å². The number of carbonyl (C=O) groups excluding carboxylic acids is 1. The van der Waals surface area contributed by atoms with Gasteiger partial charge in [-0.3, -0.25) is 4.79 Å². The number of hydrogen-bond acceptors (Lipinski definition) is 5. The van der Waals surface area contributed by atoms with E-state index in [9.17, 15) is 9.18 Å². The lowest BCUT2D eigenvalue weighted by Crippen LogP contribution is -2.18. The summed E-state index contributed by atoms with van der Waals surface area (Å²) in [6, 6.07) is 20.6. The highest BCUT2D eigenvalue weighted by atomic mass is 35.5. The number of fused-ring (bicyclic) bond motifs is 1. The maximum Gasteiger partial charge on any atom is 0.275 e. The van der Waals surface area contributed by atoms with Gasteiger partial charge in [-0.1, -0.05) is 48.0 Å². The van der Waals surface area contributed by atoms with Crippen LogP contribution in [-0.4, -0.2) is 25.8 Å². The molecular formula is C28H24ClFN2O4. The van der Waals surface area contributed by atoms with Gasteiger partial charge >= 0.3 is 0 Å². The smallest absolute Gasteiger partial charge is 0.275 e. The normalized spacial score (nSPS) is 11.0. The van der Waals surface area contributed by atoms with Crippen molar-refractivity contribution in [3.63, 3.8) is 0 Å². The molecule has 0 aliphatic heterocycles. The molecule has 0 saturated carbocycles. The lowest BCUT2D eigenvalue weighted by atomic mass is 10.1. The van der Waals surface area contributed by atoms with E-state index in [2.05, 4.69) is 10.5 Å². The maximum atomic E-state index is 13.1. The van der Waals surface area contributed by atoms with Crippen LogP contribution in [0.1, 0.15) is 28.4 Å². The van der Waals surface area contributed by atoms with Gasteiger partial charge in [0.15, 0.2) is 11.5 Å². The van der Waals surface area contributed by atoms with E-state index in [4.69, 9.17) is 25.8 Å². The van der Waals surface area contributed by atoms with Crippen LogP contribution >= 0.6 is 11.6 Å². The Hall–Kier alpha value is -4.10. The number of nitrogens with one attached hydrogen (secondary N) is 1. The third-order valence-electron chi connectivity index (χ3n) is 5.32. The van der Waals surface area contributed by atoms with Crippen molar-refractivity contribution in [1.82, 2.24) is 5.43 Å². The summed E-state index contributed by atoms with van der Waals surface area (Å²) in [6.45, 7) is 2.43. The molecule has 6 nitrogen and oxygen atoms in total. The molecule has 0 spiro atoms. The second kappa shape index (κ2) is 11.6. The molecule has 184 valence electrons. The fourth-order valence-corrected chi connectivity index (χ4v) is 3.87. The van der Waals surface area contributed by atoms with Crippen LogP contribution in [0.2, 0.25) is 5.02 Å². The van der Waals surface area contributed by atoms with Crippen molar-refractivity contribution in [3.8, 4) is 17.2 Å². The van der Waals surface area contributed by atoms with Crippen molar-refractivity contribution >= 4 is 34.5 Å². The average Bonchev–Trinajstić information content (AvgIpc) is 2.88. The fourth-order valence-electron chi connectivity index (χ4n) is 3.59. The van der Waals surface area contributed by atoms with Gasteiger partial charge < -0.3 is 14.2 Å². The Labute approximate surface area is 213 Å². The Morgan fingerprint density at radius 3 is 2.42 bits per heavy atom. The van der Waals surface area contributed by atoms with Crippen LogP contribution in [0.3, 0.4) is 0 Å². The summed E-state index contributed by atoms with van der Waals surface area (Å²) in [5, 5.41) is 6.27. The van der Waals surface area contributed by atoms with Gasteiger partial charge in [-0.15, -0.1) is 0 Å². The summed E-state index contributed by atoms with van der Waals surface area (Å²) in [6.07, 6.45) is 1.46. The number of carbonyl (C=O) groups is 1. The first-order valence-electron chi connectivity index (χ1n) is 11.2. The zero-order valence-electron chi connectivity index (χ0n) is 19.8. The molecule has 0 radical (unpaired) electrons. The minimum atomic E-state index is -0.413. The van der Waals surface area contributed by atoms with Crippen LogP contribution in [-0.2, 0) is 6.61 Å². The molecule has 0 aromatic heterocycles. The highest BCUT2D eigenvalue weighted by Crippen LogP contribution is 2.37. The number of benzene rings is 4. The number of hydrazone groups is 1. The first-order chi connectivity index (χ1) is 17.5. The first kappa shape index (κ1) is 25.0. The molecule has 36 heavy (non-hydrogen) atoms. The maximum absolute atomic E-state index is 13.1. The lowest BCUT2D eigenvalue weighted by molar-refractivity contribution is 0.0952. The summed E-state index contributed by atoms with van der Waals surface area (Å²) in [5.74, 6) is 0.512. The van der Waals surface area contributed by atoms with Gasteiger partial charge in [0, 0.05) is 0 Å². The summed E-state index contributed by atoms with van der Waals surface area (Å²) >= 11 is 6.46. The van der Waals surface area contributed by atoms with E-state index in [1.165, 1.54) is 25.5 Å². The molecule has 1 N–H and O–H groups in total. The van der Waals surface area contributed by atoms with Crippen LogP contribution in [0.4, 0.5) is 4.39 Å². The Morgan fingerprint density at radius 1 is 1.00 bits per heavy atom. The number of nitrogens with zero attached hydrogens (tertiary/aromatic N) is 1. The molecule has 0 atom stereocenters. The molecule has 0 bridgehead atoms. The standard InChI is InChI=1S/C28H24ClFN2O4/c1-3-35-26-13-19(12-24(29)27(26)36-17-18-8-10-22(30)11-9-18)16-31-32-28(33)23-14-20-6-4-5-7-21(20)15-25(23)34-2/h4-16H,3,17H2,1-2H3,(H,32,33)/b31-16-. The highest BCUT2D eigenvalue weighted by molar-refractivity contribution is 6.32. The lowest BCUT2D eigenvalue weighted by Gasteiger charge is -2.14. The number of amides is 1. The largest absolute Gasteiger partial charge is 0.496 e. The van der Waals surface area contributed by atoms with E-state index in [1.54, 1.807) is 30.3 Å². The van der Waals surface area contributed by atoms with Crippen molar-refractivity contribution in [3.05, 3.63) is 100 Å². The third kappa shape index (κ3) is 5.93. The van der Waals surface area contributed by atoms with E-state index in [0.717, 1.165) is 16.3 Å². The first-order valence-corrected chi connectivity index (χ1v) is 11.6. The van der Waals surface area contributed by atoms with Crippen LogP contribution in [0.25, 0.3) is 10.8 Å². The Bertz CT molecular complexity index is 1410. The van der Waals surface area contributed by atoms with E-state index in [0.29, 0.717) is 40.0 Å². The second-order valence-electron chi connectivity index (χ2n) is 7.78. The summed E-state index contributed by atoms with van der Waals surface area (Å²) in [5.41, 5.74) is 4.28. The number of rotatable bonds is 9. The van der Waals surface area contributed by atoms with E-state index >= 15 is 0 Å². The molecule has 0 saturated heterocycles. The second-order valence-corrected chi connectivity index (χ2v) is 8.18. The van der Waals surface area contributed by atoms with Crippen LogP contribution in [0, 0.1) is 5.82 Å². The van der Waals surface area contributed by atoms with Crippen molar-refractivity contribution in [1.29, 1.82) is 0 Å². The number of hydrogen-bond donors (Lipinski definition) is 1. The summed E-state index contributed by atoms with van der Waals surface area (Å²) in [4.78, 5) is 12.8. The van der Waals surface area contributed by atoms with Crippen LogP contribution in [0.15, 0.2) is 77.9 Å². The number of halogens is 2. The predicted molar refractivity (Wildman–Crippen MR) is 139 cm³/mol. The van der Waals surface area contributed by atoms with Crippen LogP contribution in [0.5, 0.6) is 17.2 Å². The Morgan fingerprint density at radius 2 is 1.72 bits per heavy atom. The van der Waals surface area contributed by atoms with Crippen LogP contribution < -0.4 is 19.6 Å². The van der Waals surface area contributed by atoms with Crippen molar-refractivity contribution < 1.29 is 23.4 Å². The number of ether oxygens (including phenoxy) is 3. The Kier molecular flexibility index (Phi) is 8.02. The van der Waals surface area contributed by atoms with Gasteiger partial charge in [0.1, 0.15) is 18.2 Å². The van der Waals surface area contributed by atoms with Gasteiger partial charge in [-0.25, -0.2) is 9.82 Å². The van der Waals surface area contributed by atoms with Gasteiger partial charge in [-0.2, -0.15) is 5.10 Å². The molecule has 4 aromatic rings. The fraction of sp³-hybridized carbons (Fsp3) is 0.143. The van der Waals surface area contributed by atoms with E-state index in [-0.39, 0.29) is 12.4 Å². The Balaban J connectivity index is 1.50. The summed E-state index contributed by atoms with van der Waals surface area (Å²) in [7, 11) is 1.51. The van der Waals surface area contributed by atoms with Gasteiger partial charge in [-0.05, 0) is 65.2 Å². The van der Waals surface area contributed by atoms with Crippen molar-refractivity contribution in [2.24, 2.45) is 5.10 Å². The molecule has 0 fully saturated rings. The molecule has 8 heteroatoms. The number of methoxy groups -OCH3 is 1. The zero-order valence-corrected chi connectivity index (χ0v) is 20.5. The molecule has 0 unspecified atom stereocenters. The monoisotopic (exact) mass is 506 g/mol. The highest BCUT2D eigenvalue weighted by Gasteiger charge is 2.15. The van der Waals surface area contributed by atoms with Gasteiger partial charge in [0.2, 0.25) is 0 Å². The average molecular weight is 507 g/mol. The molecular weight excluding hydrogens is 483 g/mol. The van der Waals surface area contributed by atoms with E-state index in [1.807, 2.05) is 37.3 Å². The van der Waals surface area contributed by atoms with Crippen molar-refractivity contribution in [2.75, 3.05) is 13.7 Å². The molecule has 4 rings (SSSR count). The SMILES string of the molecule is CCOc1cc(/C=N\NC(=O)c2cc3ccccc3cc2OC)cc(Cl)c1OCc1ccc(F)cc1. The van der Waals surface area contributed by atoms with E-state index < -0.39 is 5.91 Å². The molecule has 1 amide bonds. The zero-order chi connectivity index (χ0) is 25.5. The quantitative estimate of drug-likeness (QED) is 0.211. The van der Waals surface area contributed by atoms with Gasteiger partial charge in [0.25, 0.3) is 5.91 Å². The van der Waals surface area contributed by atoms with Crippen molar-refractivity contribution in [2.45, 2.75) is 13.5 Å². The minimum absolute atomic E-state index is 0.192. The minimum Gasteiger partial charge on any atom is -0.496 e. The molecule has 0 heterocycles. The molecule has 0 aliphatic rings. The molecule has 4 aromatic carbocycles. The summed E-state index contributed by atoms with van der Waals surface area (Å²) < 4.78 is 30.1. The third-order valence-corrected chi connectivity index (χ3v) is 5.60. The molecule has 0 aliphatic carbocycles. The van der Waals surface area contributed by atoms with Gasteiger partial charge in [0.05, 0.1) is 30.5 Å².